The third kappa shape index (κ3) is 3.50. The largest absolute Gasteiger partial charge is 0.302 e. The number of benzene rings is 1. The molecule has 3 rings (SSSR count). The van der Waals surface area contributed by atoms with Crippen LogP contribution in [-0.4, -0.2) is 25.8 Å². The number of hydrogen-bond donors (Lipinski definition) is 0. The van der Waals surface area contributed by atoms with Gasteiger partial charge < -0.3 is 4.57 Å². The second kappa shape index (κ2) is 7.30. The van der Waals surface area contributed by atoms with Crippen LogP contribution >= 0.6 is 11.8 Å². The zero-order chi connectivity index (χ0) is 16.2. The Kier molecular flexibility index (Phi) is 5.16. The van der Waals surface area contributed by atoms with Crippen molar-refractivity contribution in [2.75, 3.05) is 0 Å². The predicted molar refractivity (Wildman–Crippen MR) is 93.6 cm³/mol. The highest BCUT2D eigenvalue weighted by Gasteiger charge is 2.25. The molecule has 1 unspecified atom stereocenters. The second-order valence-corrected chi connectivity index (χ2v) is 7.21. The van der Waals surface area contributed by atoms with Crippen LogP contribution in [0.2, 0.25) is 0 Å². The van der Waals surface area contributed by atoms with Crippen molar-refractivity contribution in [1.29, 1.82) is 0 Å². The first-order valence-electron chi connectivity index (χ1n) is 8.39. The molecule has 0 radical (unpaired) electrons. The summed E-state index contributed by atoms with van der Waals surface area (Å²) in [7, 11) is 0. The van der Waals surface area contributed by atoms with E-state index in [0.29, 0.717) is 12.2 Å². The molecule has 1 fully saturated rings. The van der Waals surface area contributed by atoms with Gasteiger partial charge in [0.1, 0.15) is 5.78 Å². The van der Waals surface area contributed by atoms with E-state index < -0.39 is 0 Å². The van der Waals surface area contributed by atoms with Gasteiger partial charge in [0.15, 0.2) is 11.0 Å². The Morgan fingerprint density at radius 2 is 2.04 bits per heavy atom. The first kappa shape index (κ1) is 16.2. The van der Waals surface area contributed by atoms with Crippen LogP contribution in [0.25, 0.3) is 11.4 Å². The van der Waals surface area contributed by atoms with Gasteiger partial charge in [-0.2, -0.15) is 0 Å². The van der Waals surface area contributed by atoms with Crippen LogP contribution in [0.4, 0.5) is 0 Å². The molecule has 1 aliphatic carbocycles. The van der Waals surface area contributed by atoms with E-state index in [2.05, 4.69) is 40.7 Å². The Morgan fingerprint density at radius 1 is 1.22 bits per heavy atom. The summed E-state index contributed by atoms with van der Waals surface area (Å²) in [6.45, 7) is 5.00. The number of ketones is 1. The van der Waals surface area contributed by atoms with Gasteiger partial charge in [0.25, 0.3) is 0 Å². The molecule has 0 amide bonds. The lowest BCUT2D eigenvalue weighted by Crippen LogP contribution is -2.16. The van der Waals surface area contributed by atoms with Crippen molar-refractivity contribution in [3.63, 3.8) is 0 Å². The van der Waals surface area contributed by atoms with E-state index in [-0.39, 0.29) is 5.25 Å². The maximum atomic E-state index is 12.3. The van der Waals surface area contributed by atoms with Gasteiger partial charge in [0.05, 0.1) is 5.25 Å². The third-order valence-electron chi connectivity index (χ3n) is 4.42. The summed E-state index contributed by atoms with van der Waals surface area (Å²) >= 11 is 1.60. The van der Waals surface area contributed by atoms with Gasteiger partial charge in [-0.05, 0) is 32.3 Å². The number of nitrogens with zero attached hydrogens (tertiary/aromatic N) is 3. The third-order valence-corrected chi connectivity index (χ3v) is 5.71. The molecule has 1 aromatic heterocycles. The highest BCUT2D eigenvalue weighted by Crippen LogP contribution is 2.32. The molecule has 1 aliphatic rings. The fourth-order valence-electron chi connectivity index (χ4n) is 3.06. The predicted octanol–water partition coefficient (Wildman–Crippen LogP) is 4.27. The van der Waals surface area contributed by atoms with Crippen LogP contribution in [0.3, 0.4) is 0 Å². The lowest BCUT2D eigenvalue weighted by Gasteiger charge is -2.13. The molecular formula is C18H23N3OS. The molecule has 0 spiro atoms. The number of rotatable bonds is 4. The molecule has 122 valence electrons. The lowest BCUT2D eigenvalue weighted by molar-refractivity contribution is -0.118. The topological polar surface area (TPSA) is 47.8 Å². The average molecular weight is 329 g/mol. The maximum absolute atomic E-state index is 12.3. The number of thioether (sulfide) groups is 1. The van der Waals surface area contributed by atoms with E-state index in [0.717, 1.165) is 48.8 Å². The minimum absolute atomic E-state index is 0.0386. The Morgan fingerprint density at radius 3 is 2.83 bits per heavy atom. The highest BCUT2D eigenvalue weighted by molar-refractivity contribution is 8.00. The molecule has 0 bridgehead atoms. The molecule has 5 heteroatoms. The summed E-state index contributed by atoms with van der Waals surface area (Å²) < 4.78 is 2.13. The highest BCUT2D eigenvalue weighted by atomic mass is 32.2. The first-order chi connectivity index (χ1) is 11.2. The Bertz CT molecular complexity index is 695. The molecule has 0 saturated heterocycles. The molecule has 1 heterocycles. The fourth-order valence-corrected chi connectivity index (χ4v) is 4.28. The van der Waals surface area contributed by atoms with E-state index in [1.165, 1.54) is 5.56 Å². The van der Waals surface area contributed by atoms with Crippen LogP contribution in [0.15, 0.2) is 29.4 Å². The normalized spacial score (nSPS) is 18.9. The van der Waals surface area contributed by atoms with Crippen molar-refractivity contribution >= 4 is 17.5 Å². The number of carbonyl (C=O) groups excluding carboxylic acids is 1. The minimum atomic E-state index is 0.0386. The Hall–Kier alpha value is -1.62. The van der Waals surface area contributed by atoms with Crippen molar-refractivity contribution < 1.29 is 4.79 Å². The SMILES string of the molecule is CCn1c(SC2CCCCCC2=O)nnc1-c1ccccc1C. The Balaban J connectivity index is 1.89. The van der Waals surface area contributed by atoms with Gasteiger partial charge in [-0.25, -0.2) is 0 Å². The molecule has 4 nitrogen and oxygen atoms in total. The zero-order valence-electron chi connectivity index (χ0n) is 13.8. The molecule has 1 atom stereocenters. The van der Waals surface area contributed by atoms with Gasteiger partial charge in [-0.15, -0.1) is 10.2 Å². The van der Waals surface area contributed by atoms with Gasteiger partial charge >= 0.3 is 0 Å². The smallest absolute Gasteiger partial charge is 0.192 e. The van der Waals surface area contributed by atoms with Crippen molar-refractivity contribution in [2.45, 2.75) is 62.9 Å². The van der Waals surface area contributed by atoms with Crippen LogP contribution in [0.5, 0.6) is 0 Å². The quantitative estimate of drug-likeness (QED) is 0.786. The van der Waals surface area contributed by atoms with Crippen molar-refractivity contribution in [3.8, 4) is 11.4 Å². The van der Waals surface area contributed by atoms with Gasteiger partial charge in [-0.3, -0.25) is 4.79 Å². The van der Waals surface area contributed by atoms with Crippen molar-refractivity contribution in [1.82, 2.24) is 14.8 Å². The van der Waals surface area contributed by atoms with E-state index in [9.17, 15) is 4.79 Å². The minimum Gasteiger partial charge on any atom is -0.302 e. The van der Waals surface area contributed by atoms with Gasteiger partial charge in [-0.1, -0.05) is 48.9 Å². The summed E-state index contributed by atoms with van der Waals surface area (Å²) in [4.78, 5) is 12.3. The summed E-state index contributed by atoms with van der Waals surface area (Å²) in [6.07, 6.45) is 5.00. The van der Waals surface area contributed by atoms with E-state index in [4.69, 9.17) is 0 Å². The number of Topliss-reactive ketones (excluding diaryl/α,β-unsaturated/α-hetero) is 1. The summed E-state index contributed by atoms with van der Waals surface area (Å²) in [5.41, 5.74) is 2.30. The molecule has 23 heavy (non-hydrogen) atoms. The molecule has 0 aliphatic heterocycles. The summed E-state index contributed by atoms with van der Waals surface area (Å²) in [5, 5.41) is 9.71. The van der Waals surface area contributed by atoms with Gasteiger partial charge in [0.2, 0.25) is 0 Å². The molecule has 0 N–H and O–H groups in total. The van der Waals surface area contributed by atoms with Crippen LogP contribution in [-0.2, 0) is 11.3 Å². The van der Waals surface area contributed by atoms with Crippen molar-refractivity contribution in [3.05, 3.63) is 29.8 Å². The number of carbonyl (C=O) groups is 1. The summed E-state index contributed by atoms with van der Waals surface area (Å²) in [6, 6.07) is 8.23. The summed E-state index contributed by atoms with van der Waals surface area (Å²) in [5.74, 6) is 1.27. The number of aryl methyl sites for hydroxylation is 1. The molecule has 1 saturated carbocycles. The average Bonchev–Trinajstić information content (AvgIpc) is 2.84. The van der Waals surface area contributed by atoms with Gasteiger partial charge in [0, 0.05) is 18.5 Å². The number of hydrogen-bond acceptors (Lipinski definition) is 4. The van der Waals surface area contributed by atoms with Crippen LogP contribution in [0.1, 0.15) is 44.6 Å². The maximum Gasteiger partial charge on any atom is 0.192 e. The molecular weight excluding hydrogens is 306 g/mol. The lowest BCUT2D eigenvalue weighted by atomic mass is 10.1. The van der Waals surface area contributed by atoms with E-state index in [1.807, 2.05) is 12.1 Å². The molecule has 1 aromatic carbocycles. The van der Waals surface area contributed by atoms with E-state index in [1.54, 1.807) is 11.8 Å². The van der Waals surface area contributed by atoms with Crippen LogP contribution in [0, 0.1) is 6.92 Å². The number of aromatic nitrogens is 3. The zero-order valence-corrected chi connectivity index (χ0v) is 14.6. The first-order valence-corrected chi connectivity index (χ1v) is 9.27. The molecule has 2 aromatic rings. The fraction of sp³-hybridized carbons (Fsp3) is 0.500. The monoisotopic (exact) mass is 329 g/mol. The van der Waals surface area contributed by atoms with E-state index >= 15 is 0 Å². The standard InChI is InChI=1S/C18H23N3OS/c1-3-21-17(14-10-8-7-9-13(14)2)19-20-18(21)23-16-12-6-4-5-11-15(16)22/h7-10,16H,3-6,11-12H2,1-2H3. The Labute approximate surface area is 141 Å². The van der Waals surface area contributed by atoms with Crippen molar-refractivity contribution in [2.24, 2.45) is 0 Å². The van der Waals surface area contributed by atoms with Crippen LogP contribution < -0.4 is 0 Å². The second-order valence-electron chi connectivity index (χ2n) is 6.04.